The molecule has 0 radical (unpaired) electrons. The number of hydrogen-bond acceptors (Lipinski definition) is 8. The number of rotatable bonds is 3. The predicted molar refractivity (Wildman–Crippen MR) is 103 cm³/mol. The lowest BCUT2D eigenvalue weighted by Gasteiger charge is -2.23. The number of aromatic nitrogens is 2. The summed E-state index contributed by atoms with van der Waals surface area (Å²) in [6.45, 7) is 2.55. The van der Waals surface area contributed by atoms with Gasteiger partial charge in [0.25, 0.3) is 0 Å². The van der Waals surface area contributed by atoms with Gasteiger partial charge in [-0.25, -0.2) is 9.97 Å². The number of phenolic OH excluding ortho intramolecular Hbond substituents is 1. The second-order valence-corrected chi connectivity index (χ2v) is 7.32. The summed E-state index contributed by atoms with van der Waals surface area (Å²) >= 11 is 0. The van der Waals surface area contributed by atoms with Gasteiger partial charge in [0.2, 0.25) is 5.95 Å². The van der Waals surface area contributed by atoms with Crippen LogP contribution in [0.2, 0.25) is 0 Å². The Bertz CT molecular complexity index is 815. The van der Waals surface area contributed by atoms with Crippen LogP contribution in [-0.4, -0.2) is 63.7 Å². The first-order valence-corrected chi connectivity index (χ1v) is 9.31. The summed E-state index contributed by atoms with van der Waals surface area (Å²) in [6, 6.07) is 7.06. The summed E-state index contributed by atoms with van der Waals surface area (Å²) in [5, 5.41) is 33.4. The van der Waals surface area contributed by atoms with Crippen molar-refractivity contribution in [1.29, 1.82) is 0 Å². The van der Waals surface area contributed by atoms with Crippen molar-refractivity contribution in [3.8, 4) is 17.0 Å². The van der Waals surface area contributed by atoms with E-state index in [2.05, 4.69) is 15.3 Å². The topological polar surface area (TPSA) is 128 Å². The Morgan fingerprint density at radius 3 is 2.59 bits per heavy atom. The van der Waals surface area contributed by atoms with Crippen LogP contribution in [0.5, 0.6) is 5.75 Å². The van der Waals surface area contributed by atoms with E-state index in [0.717, 1.165) is 37.3 Å². The molecule has 0 spiro atoms. The fourth-order valence-electron chi connectivity index (χ4n) is 3.84. The highest BCUT2D eigenvalue weighted by Gasteiger charge is 2.30. The predicted octanol–water partition coefficient (Wildman–Crippen LogP) is 0.440. The number of hydrogen-bond donors (Lipinski definition) is 5. The molecular formula is C19H25N5O3. The van der Waals surface area contributed by atoms with Gasteiger partial charge in [-0.3, -0.25) is 0 Å². The molecule has 1 unspecified atom stereocenters. The smallest absolute Gasteiger partial charge is 0.220 e. The van der Waals surface area contributed by atoms with Crippen LogP contribution in [0.15, 0.2) is 24.3 Å². The van der Waals surface area contributed by atoms with Crippen molar-refractivity contribution >= 4 is 11.6 Å². The molecule has 0 amide bonds. The number of phenols is 1. The minimum atomic E-state index is -0.776. The molecule has 2 aliphatic rings. The molecule has 27 heavy (non-hydrogen) atoms. The first kappa shape index (κ1) is 18.0. The number of nitrogen functional groups attached to an aromatic ring is 1. The molecule has 2 aliphatic heterocycles. The van der Waals surface area contributed by atoms with E-state index in [1.165, 1.54) is 0 Å². The molecule has 0 aliphatic carbocycles. The zero-order valence-corrected chi connectivity index (χ0v) is 15.0. The summed E-state index contributed by atoms with van der Waals surface area (Å²) in [4.78, 5) is 10.6. The number of piperidine rings is 1. The number of aromatic hydroxyl groups is 1. The Labute approximate surface area is 157 Å². The third-order valence-corrected chi connectivity index (χ3v) is 5.36. The van der Waals surface area contributed by atoms with Gasteiger partial charge in [-0.2, -0.15) is 0 Å². The van der Waals surface area contributed by atoms with E-state index in [1.54, 1.807) is 12.1 Å². The van der Waals surface area contributed by atoms with E-state index in [0.29, 0.717) is 24.3 Å². The van der Waals surface area contributed by atoms with E-state index in [9.17, 15) is 15.3 Å². The summed E-state index contributed by atoms with van der Waals surface area (Å²) in [6.07, 6.45) is 0.577. The highest BCUT2D eigenvalue weighted by Crippen LogP contribution is 2.35. The fraction of sp³-hybridized carbons (Fsp3) is 0.474. The number of aliphatic hydroxyl groups excluding tert-OH is 2. The van der Waals surface area contributed by atoms with Gasteiger partial charge >= 0.3 is 0 Å². The van der Waals surface area contributed by atoms with Gasteiger partial charge in [0.05, 0.1) is 23.6 Å². The maximum absolute atomic E-state index is 10.4. The van der Waals surface area contributed by atoms with Crippen molar-refractivity contribution in [2.75, 3.05) is 36.8 Å². The first-order valence-electron chi connectivity index (χ1n) is 9.31. The molecule has 8 heteroatoms. The molecule has 2 aromatic rings. The van der Waals surface area contributed by atoms with Gasteiger partial charge in [-0.15, -0.1) is 0 Å². The van der Waals surface area contributed by atoms with Crippen LogP contribution in [0, 0.1) is 0 Å². The highest BCUT2D eigenvalue weighted by atomic mass is 16.3. The molecule has 1 aromatic heterocycles. The summed E-state index contributed by atoms with van der Waals surface area (Å²) < 4.78 is 0. The fourth-order valence-corrected chi connectivity index (χ4v) is 3.84. The molecule has 6 N–H and O–H groups in total. The quantitative estimate of drug-likeness (QED) is 0.526. The molecule has 144 valence electrons. The minimum Gasteiger partial charge on any atom is -0.507 e. The summed E-state index contributed by atoms with van der Waals surface area (Å²) in [5.74, 6) is 0.562. The van der Waals surface area contributed by atoms with Crippen molar-refractivity contribution in [2.24, 2.45) is 0 Å². The Hall–Kier alpha value is -2.42. The maximum Gasteiger partial charge on any atom is 0.220 e. The molecule has 2 fully saturated rings. The van der Waals surface area contributed by atoms with E-state index in [-0.39, 0.29) is 17.6 Å². The third-order valence-electron chi connectivity index (χ3n) is 5.36. The summed E-state index contributed by atoms with van der Waals surface area (Å²) in [7, 11) is 0. The van der Waals surface area contributed by atoms with E-state index >= 15 is 0 Å². The standard InChI is InChI=1S/C19H25N5O3/c20-19-22-14(11-2-1-5-21-8-11)7-15(23-19)13-6-12(3-4-16(13)25)24-9-17(26)18(27)10-24/h3-4,6-7,11,17-18,21,25-27H,1-2,5,8-10H2,(H2,20,22,23)/t11?,17-,18-/m0/s1. The molecule has 3 atom stereocenters. The lowest BCUT2D eigenvalue weighted by Crippen LogP contribution is -2.29. The minimum absolute atomic E-state index is 0.102. The van der Waals surface area contributed by atoms with Crippen molar-refractivity contribution < 1.29 is 15.3 Å². The number of nitrogens with one attached hydrogen (secondary N) is 1. The lowest BCUT2D eigenvalue weighted by molar-refractivity contribution is 0.0572. The molecule has 4 rings (SSSR count). The van der Waals surface area contributed by atoms with Crippen LogP contribution in [-0.2, 0) is 0 Å². The maximum atomic E-state index is 10.4. The monoisotopic (exact) mass is 371 g/mol. The van der Waals surface area contributed by atoms with Gasteiger partial charge in [0.15, 0.2) is 0 Å². The normalized spacial score (nSPS) is 25.7. The second kappa shape index (κ2) is 7.30. The number of β-amino-alcohol motifs (C(OH)–C–C–N with tert-alkyl or cyclic N) is 2. The molecule has 8 nitrogen and oxygen atoms in total. The van der Waals surface area contributed by atoms with Crippen molar-refractivity contribution in [3.63, 3.8) is 0 Å². The zero-order valence-electron chi connectivity index (χ0n) is 15.0. The van der Waals surface area contributed by atoms with Crippen molar-refractivity contribution in [1.82, 2.24) is 15.3 Å². The van der Waals surface area contributed by atoms with Crippen molar-refractivity contribution in [3.05, 3.63) is 30.0 Å². The van der Waals surface area contributed by atoms with E-state index < -0.39 is 12.2 Å². The molecule has 0 bridgehead atoms. The average Bonchev–Trinajstić information content (AvgIpc) is 3.01. The lowest BCUT2D eigenvalue weighted by atomic mass is 9.95. The number of anilines is 2. The Morgan fingerprint density at radius 2 is 1.89 bits per heavy atom. The zero-order chi connectivity index (χ0) is 19.0. The first-order chi connectivity index (χ1) is 13.0. The van der Waals surface area contributed by atoms with Crippen LogP contribution < -0.4 is 16.0 Å². The molecule has 0 saturated carbocycles. The number of nitrogens with zero attached hydrogens (tertiary/aromatic N) is 3. The van der Waals surface area contributed by atoms with Gasteiger partial charge in [-0.1, -0.05) is 0 Å². The molecular weight excluding hydrogens is 346 g/mol. The SMILES string of the molecule is Nc1nc(-c2cc(N3C[C@H](O)[C@@H](O)C3)ccc2O)cc(C2CCCNC2)n1. The van der Waals surface area contributed by atoms with Gasteiger partial charge in [-0.05, 0) is 43.7 Å². The van der Waals surface area contributed by atoms with Gasteiger partial charge in [0.1, 0.15) is 5.75 Å². The molecule has 1 aromatic carbocycles. The number of aliphatic hydroxyl groups is 2. The van der Waals surface area contributed by atoms with E-state index in [4.69, 9.17) is 5.73 Å². The average molecular weight is 371 g/mol. The van der Waals surface area contributed by atoms with Crippen LogP contribution in [0.1, 0.15) is 24.5 Å². The van der Waals surface area contributed by atoms with Crippen LogP contribution >= 0.6 is 0 Å². The van der Waals surface area contributed by atoms with Crippen LogP contribution in [0.25, 0.3) is 11.3 Å². The summed E-state index contributed by atoms with van der Waals surface area (Å²) in [5.41, 5.74) is 8.76. The van der Waals surface area contributed by atoms with Crippen LogP contribution in [0.4, 0.5) is 11.6 Å². The number of nitrogens with two attached hydrogens (primary N) is 1. The largest absolute Gasteiger partial charge is 0.507 e. The van der Waals surface area contributed by atoms with Crippen molar-refractivity contribution in [2.45, 2.75) is 31.0 Å². The Balaban J connectivity index is 1.68. The Kier molecular flexibility index (Phi) is 4.86. The van der Waals surface area contributed by atoms with Gasteiger partial charge in [0, 0.05) is 36.8 Å². The Morgan fingerprint density at radius 1 is 1.11 bits per heavy atom. The van der Waals surface area contributed by atoms with Crippen LogP contribution in [0.3, 0.4) is 0 Å². The third kappa shape index (κ3) is 3.69. The second-order valence-electron chi connectivity index (χ2n) is 7.32. The van der Waals surface area contributed by atoms with Gasteiger partial charge < -0.3 is 31.3 Å². The molecule has 3 heterocycles. The molecule has 2 saturated heterocycles. The van der Waals surface area contributed by atoms with E-state index in [1.807, 2.05) is 17.0 Å². The number of benzene rings is 1. The highest BCUT2D eigenvalue weighted by molar-refractivity contribution is 5.73.